The zero-order chi connectivity index (χ0) is 18.0. The van der Waals surface area contributed by atoms with Crippen molar-refractivity contribution in [3.05, 3.63) is 42.5 Å². The number of likely N-dealkylation sites (tertiary alicyclic amines) is 1. The molecule has 1 amide bonds. The van der Waals surface area contributed by atoms with Gasteiger partial charge in [-0.05, 0) is 31.4 Å². The molecule has 0 unspecified atom stereocenters. The molecule has 2 N–H and O–H groups in total. The van der Waals surface area contributed by atoms with Crippen molar-refractivity contribution in [3.63, 3.8) is 0 Å². The summed E-state index contributed by atoms with van der Waals surface area (Å²) in [6, 6.07) is 5.83. The van der Waals surface area contributed by atoms with Crippen molar-refractivity contribution in [3.8, 4) is 0 Å². The third-order valence-electron chi connectivity index (χ3n) is 5.38. The number of nitrogens with zero attached hydrogens (tertiary/aromatic N) is 5. The number of carbonyl (C=O) groups is 1. The van der Waals surface area contributed by atoms with E-state index in [4.69, 9.17) is 0 Å². The van der Waals surface area contributed by atoms with Crippen LogP contribution in [-0.2, 0) is 11.3 Å². The number of amides is 1. The quantitative estimate of drug-likeness (QED) is 0.783. The Labute approximate surface area is 152 Å². The van der Waals surface area contributed by atoms with Crippen LogP contribution in [0.4, 0.5) is 0 Å². The largest absolute Gasteiger partial charge is 0.389 e. The molecule has 1 saturated heterocycles. The van der Waals surface area contributed by atoms with Gasteiger partial charge >= 0.3 is 0 Å². The molecule has 2 atom stereocenters. The van der Waals surface area contributed by atoms with Crippen LogP contribution in [-0.4, -0.2) is 60.6 Å². The van der Waals surface area contributed by atoms with E-state index in [2.05, 4.69) is 25.5 Å². The predicted molar refractivity (Wildman–Crippen MR) is 93.9 cm³/mol. The topological polar surface area (TPSA) is 96.2 Å². The van der Waals surface area contributed by atoms with Crippen molar-refractivity contribution >= 4 is 5.91 Å². The molecule has 0 spiro atoms. The van der Waals surface area contributed by atoms with Crippen LogP contribution in [0, 0.1) is 0 Å². The van der Waals surface area contributed by atoms with Crippen LogP contribution in [0.3, 0.4) is 0 Å². The fourth-order valence-electron chi connectivity index (χ4n) is 3.84. The van der Waals surface area contributed by atoms with Gasteiger partial charge < -0.3 is 10.4 Å². The highest BCUT2D eigenvalue weighted by molar-refractivity contribution is 5.77. The Morgan fingerprint density at radius 2 is 2.19 bits per heavy atom. The maximum atomic E-state index is 12.4. The predicted octanol–water partition coefficient (Wildman–Crippen LogP) is 0.520. The maximum absolute atomic E-state index is 12.4. The summed E-state index contributed by atoms with van der Waals surface area (Å²) < 4.78 is 1.81. The summed E-state index contributed by atoms with van der Waals surface area (Å²) in [5, 5.41) is 21.4. The number of aliphatic hydroxyl groups is 1. The standard InChI is InChI=1S/C18H24N6O2/c25-17(10-18(26)5-3-6-18)21-15-12-23(11-14-4-1-2-7-19-14)13-16(15)24-9-8-20-22-24/h1-2,4,7-9,15-16,26H,3,5-6,10-13H2,(H,21,25)/t15-,16+/m1/s1. The van der Waals surface area contributed by atoms with Gasteiger partial charge in [0, 0.05) is 32.0 Å². The van der Waals surface area contributed by atoms with Crippen LogP contribution in [0.25, 0.3) is 0 Å². The summed E-state index contributed by atoms with van der Waals surface area (Å²) in [6.07, 6.45) is 7.86. The summed E-state index contributed by atoms with van der Waals surface area (Å²) >= 11 is 0. The molecule has 2 aromatic heterocycles. The summed E-state index contributed by atoms with van der Waals surface area (Å²) in [6.45, 7) is 2.20. The number of rotatable bonds is 6. The lowest BCUT2D eigenvalue weighted by Gasteiger charge is -2.36. The Hall–Kier alpha value is -2.32. The molecule has 26 heavy (non-hydrogen) atoms. The Bertz CT molecular complexity index is 731. The summed E-state index contributed by atoms with van der Waals surface area (Å²) in [5.41, 5.74) is 0.194. The smallest absolute Gasteiger partial charge is 0.223 e. The summed E-state index contributed by atoms with van der Waals surface area (Å²) in [4.78, 5) is 19.1. The van der Waals surface area contributed by atoms with Gasteiger partial charge in [0.1, 0.15) is 0 Å². The van der Waals surface area contributed by atoms with Gasteiger partial charge in [-0.3, -0.25) is 14.7 Å². The van der Waals surface area contributed by atoms with Gasteiger partial charge in [0.05, 0.1) is 36.0 Å². The molecule has 138 valence electrons. The highest BCUT2D eigenvalue weighted by Crippen LogP contribution is 2.34. The van der Waals surface area contributed by atoms with E-state index in [0.717, 1.165) is 25.2 Å². The molecule has 0 radical (unpaired) electrons. The lowest BCUT2D eigenvalue weighted by atomic mass is 9.77. The minimum Gasteiger partial charge on any atom is -0.389 e. The van der Waals surface area contributed by atoms with Crippen LogP contribution < -0.4 is 5.32 Å². The third-order valence-corrected chi connectivity index (χ3v) is 5.38. The van der Waals surface area contributed by atoms with Gasteiger partial charge in [0.2, 0.25) is 5.91 Å². The van der Waals surface area contributed by atoms with E-state index >= 15 is 0 Å². The van der Waals surface area contributed by atoms with Crippen molar-refractivity contribution in [1.29, 1.82) is 0 Å². The number of nitrogens with one attached hydrogen (secondary N) is 1. The van der Waals surface area contributed by atoms with Crippen molar-refractivity contribution in [2.75, 3.05) is 13.1 Å². The van der Waals surface area contributed by atoms with E-state index in [0.29, 0.717) is 19.4 Å². The van der Waals surface area contributed by atoms with E-state index in [1.807, 2.05) is 24.4 Å². The Kier molecular flexibility index (Phi) is 4.69. The van der Waals surface area contributed by atoms with Crippen LogP contribution in [0.1, 0.15) is 37.4 Å². The average Bonchev–Trinajstić information content (AvgIpc) is 3.24. The summed E-state index contributed by atoms with van der Waals surface area (Å²) in [7, 11) is 0. The van der Waals surface area contributed by atoms with Crippen molar-refractivity contribution in [2.45, 2.75) is 49.9 Å². The average molecular weight is 356 g/mol. The van der Waals surface area contributed by atoms with Crippen LogP contribution in [0.15, 0.2) is 36.8 Å². The van der Waals surface area contributed by atoms with Gasteiger partial charge in [-0.15, -0.1) is 5.10 Å². The van der Waals surface area contributed by atoms with Gasteiger partial charge in [-0.2, -0.15) is 0 Å². The molecule has 3 heterocycles. The number of aromatic nitrogens is 4. The lowest BCUT2D eigenvalue weighted by Crippen LogP contribution is -2.47. The Morgan fingerprint density at radius 1 is 1.31 bits per heavy atom. The third kappa shape index (κ3) is 3.76. The molecule has 2 aromatic rings. The second-order valence-corrected chi connectivity index (χ2v) is 7.39. The molecule has 0 bridgehead atoms. The summed E-state index contributed by atoms with van der Waals surface area (Å²) in [5.74, 6) is -0.0954. The minimum atomic E-state index is -0.806. The fourth-order valence-corrected chi connectivity index (χ4v) is 3.84. The molecule has 2 fully saturated rings. The first-order chi connectivity index (χ1) is 12.6. The first kappa shape index (κ1) is 17.1. The molecular weight excluding hydrogens is 332 g/mol. The Balaban J connectivity index is 1.43. The molecule has 8 heteroatoms. The van der Waals surface area contributed by atoms with Crippen LogP contribution in [0.5, 0.6) is 0 Å². The maximum Gasteiger partial charge on any atom is 0.223 e. The van der Waals surface area contributed by atoms with Crippen molar-refractivity contribution < 1.29 is 9.90 Å². The molecule has 1 saturated carbocycles. The van der Waals surface area contributed by atoms with Gasteiger partial charge in [-0.25, -0.2) is 4.68 Å². The zero-order valence-corrected chi connectivity index (χ0v) is 14.7. The SMILES string of the molecule is O=C(CC1(O)CCC1)N[C@@H]1CN(Cc2ccccn2)C[C@@H]1n1ccnn1. The second-order valence-electron chi connectivity index (χ2n) is 7.39. The van der Waals surface area contributed by atoms with E-state index in [1.54, 1.807) is 17.1 Å². The lowest BCUT2D eigenvalue weighted by molar-refractivity contribution is -0.131. The molecular formula is C18H24N6O2. The molecule has 4 rings (SSSR count). The van der Waals surface area contributed by atoms with Crippen LogP contribution in [0.2, 0.25) is 0 Å². The fraction of sp³-hybridized carbons (Fsp3) is 0.556. The van der Waals surface area contributed by atoms with Gasteiger partial charge in [0.25, 0.3) is 0 Å². The zero-order valence-electron chi connectivity index (χ0n) is 14.7. The first-order valence-corrected chi connectivity index (χ1v) is 9.11. The molecule has 2 aliphatic rings. The number of hydrogen-bond donors (Lipinski definition) is 2. The minimum absolute atomic E-state index is 0.0150. The molecule has 1 aliphatic carbocycles. The number of pyridine rings is 1. The molecule has 0 aromatic carbocycles. The Morgan fingerprint density at radius 3 is 2.85 bits per heavy atom. The van der Waals surface area contributed by atoms with Gasteiger partial charge in [0.15, 0.2) is 0 Å². The highest BCUT2D eigenvalue weighted by Gasteiger charge is 2.39. The van der Waals surface area contributed by atoms with Crippen molar-refractivity contribution in [1.82, 2.24) is 30.2 Å². The van der Waals surface area contributed by atoms with E-state index in [-0.39, 0.29) is 24.4 Å². The van der Waals surface area contributed by atoms with Crippen LogP contribution >= 0.6 is 0 Å². The first-order valence-electron chi connectivity index (χ1n) is 9.11. The highest BCUT2D eigenvalue weighted by atomic mass is 16.3. The molecule has 1 aliphatic heterocycles. The van der Waals surface area contributed by atoms with E-state index in [9.17, 15) is 9.90 Å². The number of carbonyl (C=O) groups excluding carboxylic acids is 1. The monoisotopic (exact) mass is 356 g/mol. The van der Waals surface area contributed by atoms with Crippen molar-refractivity contribution in [2.24, 2.45) is 0 Å². The molecule has 8 nitrogen and oxygen atoms in total. The normalized spacial score (nSPS) is 25.0. The second kappa shape index (κ2) is 7.13. The van der Waals surface area contributed by atoms with E-state index < -0.39 is 5.60 Å². The van der Waals surface area contributed by atoms with Gasteiger partial charge in [-0.1, -0.05) is 11.3 Å². The number of hydrogen-bond acceptors (Lipinski definition) is 6. The van der Waals surface area contributed by atoms with E-state index in [1.165, 1.54) is 0 Å².